The van der Waals surface area contributed by atoms with Crippen molar-refractivity contribution in [3.8, 4) is 0 Å². The van der Waals surface area contributed by atoms with Gasteiger partial charge in [-0.2, -0.15) is 0 Å². The predicted molar refractivity (Wildman–Crippen MR) is 72.0 cm³/mol. The highest BCUT2D eigenvalue weighted by atomic mass is 16.5. The molecule has 0 bridgehead atoms. The van der Waals surface area contributed by atoms with Crippen LogP contribution < -0.4 is 5.32 Å². The Kier molecular flexibility index (Phi) is 7.44. The molecule has 0 aliphatic heterocycles. The maximum absolute atomic E-state index is 11.6. The molecular weight excluding hydrogens is 214 g/mol. The summed E-state index contributed by atoms with van der Waals surface area (Å²) >= 11 is 0. The van der Waals surface area contributed by atoms with Gasteiger partial charge in [-0.25, -0.2) is 0 Å². The van der Waals surface area contributed by atoms with Crippen molar-refractivity contribution in [2.75, 3.05) is 13.7 Å². The topological polar surface area (TPSA) is 38.3 Å². The number of esters is 1. The Morgan fingerprint density at radius 1 is 1.35 bits per heavy atom. The number of hydrogen-bond donors (Lipinski definition) is 1. The fourth-order valence-corrected chi connectivity index (χ4v) is 1.44. The first kappa shape index (κ1) is 16.4. The number of nitrogens with one attached hydrogen (secondary N) is 1. The van der Waals surface area contributed by atoms with Crippen LogP contribution in [0.4, 0.5) is 0 Å². The fourth-order valence-electron chi connectivity index (χ4n) is 1.44. The minimum Gasteiger partial charge on any atom is -0.468 e. The molecular formula is C14H29NO2. The maximum atomic E-state index is 11.6. The van der Waals surface area contributed by atoms with Gasteiger partial charge in [-0.05, 0) is 17.8 Å². The van der Waals surface area contributed by atoms with Gasteiger partial charge >= 0.3 is 5.97 Å². The van der Waals surface area contributed by atoms with E-state index in [1.54, 1.807) is 0 Å². The summed E-state index contributed by atoms with van der Waals surface area (Å²) in [6, 6.07) is -0.155. The van der Waals surface area contributed by atoms with Gasteiger partial charge in [-0.1, -0.05) is 47.5 Å². The number of methoxy groups -OCH3 is 1. The van der Waals surface area contributed by atoms with Crippen molar-refractivity contribution in [2.24, 2.45) is 11.3 Å². The molecule has 0 saturated heterocycles. The molecule has 0 aliphatic carbocycles. The van der Waals surface area contributed by atoms with Crippen LogP contribution in [0, 0.1) is 11.3 Å². The Morgan fingerprint density at radius 2 is 1.94 bits per heavy atom. The minimum absolute atomic E-state index is 0.141. The Labute approximate surface area is 106 Å². The molecule has 0 rings (SSSR count). The second-order valence-corrected chi connectivity index (χ2v) is 5.74. The molecule has 0 radical (unpaired) electrons. The van der Waals surface area contributed by atoms with Crippen LogP contribution in [-0.2, 0) is 9.53 Å². The van der Waals surface area contributed by atoms with Crippen molar-refractivity contribution in [1.29, 1.82) is 0 Å². The molecule has 0 aliphatic rings. The summed E-state index contributed by atoms with van der Waals surface area (Å²) in [6.45, 7) is 11.8. The Morgan fingerprint density at radius 3 is 2.35 bits per heavy atom. The van der Waals surface area contributed by atoms with Crippen LogP contribution in [0.15, 0.2) is 0 Å². The summed E-state index contributed by atoms with van der Waals surface area (Å²) < 4.78 is 4.83. The van der Waals surface area contributed by atoms with Gasteiger partial charge in [-0.3, -0.25) is 4.79 Å². The van der Waals surface area contributed by atoms with Crippen molar-refractivity contribution >= 4 is 5.97 Å². The van der Waals surface area contributed by atoms with Crippen molar-refractivity contribution < 1.29 is 9.53 Å². The summed E-state index contributed by atoms with van der Waals surface area (Å²) in [5.41, 5.74) is 0.193. The van der Waals surface area contributed by atoms with Crippen LogP contribution in [0.3, 0.4) is 0 Å². The van der Waals surface area contributed by atoms with Gasteiger partial charge < -0.3 is 10.1 Å². The average Bonchev–Trinajstić information content (AvgIpc) is 2.28. The van der Waals surface area contributed by atoms with E-state index in [9.17, 15) is 4.79 Å². The van der Waals surface area contributed by atoms with E-state index in [-0.39, 0.29) is 17.4 Å². The van der Waals surface area contributed by atoms with Gasteiger partial charge in [0, 0.05) is 6.54 Å². The number of carbonyl (C=O) groups is 1. The molecule has 1 N–H and O–H groups in total. The number of unbranched alkanes of at least 4 members (excludes halogenated alkanes) is 1. The van der Waals surface area contributed by atoms with E-state index < -0.39 is 0 Å². The number of carbonyl (C=O) groups excluding carboxylic acids is 1. The third-order valence-corrected chi connectivity index (χ3v) is 3.70. The lowest BCUT2D eigenvalue weighted by Gasteiger charge is -2.31. The summed E-state index contributed by atoms with van der Waals surface area (Å²) in [4.78, 5) is 11.6. The Bertz CT molecular complexity index is 224. The summed E-state index contributed by atoms with van der Waals surface area (Å²) in [6.07, 6.45) is 3.01. The lowest BCUT2D eigenvalue weighted by atomic mass is 9.81. The molecule has 0 aromatic heterocycles. The van der Waals surface area contributed by atoms with Gasteiger partial charge in [0.15, 0.2) is 0 Å². The van der Waals surface area contributed by atoms with Crippen LogP contribution in [0.1, 0.15) is 53.9 Å². The summed E-state index contributed by atoms with van der Waals surface area (Å²) in [7, 11) is 1.45. The second kappa shape index (κ2) is 7.70. The number of rotatable bonds is 8. The van der Waals surface area contributed by atoms with Crippen molar-refractivity contribution in [3.63, 3.8) is 0 Å². The predicted octanol–water partition coefficient (Wildman–Crippen LogP) is 2.99. The van der Waals surface area contributed by atoms with Gasteiger partial charge in [-0.15, -0.1) is 0 Å². The zero-order valence-corrected chi connectivity index (χ0v) is 12.3. The first-order chi connectivity index (χ1) is 7.85. The van der Waals surface area contributed by atoms with Crippen molar-refractivity contribution in [3.05, 3.63) is 0 Å². The molecule has 0 spiro atoms. The molecule has 0 fully saturated rings. The normalized spacial score (nSPS) is 13.8. The molecule has 3 heteroatoms. The largest absolute Gasteiger partial charge is 0.468 e. The summed E-state index contributed by atoms with van der Waals surface area (Å²) in [5, 5.41) is 3.35. The van der Waals surface area contributed by atoms with Crippen LogP contribution >= 0.6 is 0 Å². The standard InChI is InChI=1S/C14H29NO2/c1-7-8-9-12(13(16)17-6)15-10-14(4,5)11(2)3/h11-12,15H,7-10H2,1-6H3. The Balaban J connectivity index is 4.29. The van der Waals surface area contributed by atoms with Crippen molar-refractivity contribution in [1.82, 2.24) is 5.32 Å². The van der Waals surface area contributed by atoms with Gasteiger partial charge in [0.05, 0.1) is 7.11 Å². The van der Waals surface area contributed by atoms with E-state index in [0.717, 1.165) is 25.8 Å². The third-order valence-electron chi connectivity index (χ3n) is 3.70. The number of hydrogen-bond acceptors (Lipinski definition) is 3. The smallest absolute Gasteiger partial charge is 0.322 e. The monoisotopic (exact) mass is 243 g/mol. The molecule has 3 nitrogen and oxygen atoms in total. The minimum atomic E-state index is -0.155. The fraction of sp³-hybridized carbons (Fsp3) is 0.929. The van der Waals surface area contributed by atoms with Gasteiger partial charge in [0.25, 0.3) is 0 Å². The van der Waals surface area contributed by atoms with E-state index >= 15 is 0 Å². The first-order valence-corrected chi connectivity index (χ1v) is 6.66. The van der Waals surface area contributed by atoms with Gasteiger partial charge in [0.2, 0.25) is 0 Å². The van der Waals surface area contributed by atoms with Crippen LogP contribution in [0.2, 0.25) is 0 Å². The third kappa shape index (κ3) is 6.06. The SMILES string of the molecule is CCCCC(NCC(C)(C)C(C)C)C(=O)OC. The molecule has 17 heavy (non-hydrogen) atoms. The zero-order chi connectivity index (χ0) is 13.5. The van der Waals surface area contributed by atoms with E-state index in [1.807, 2.05) is 0 Å². The molecule has 1 atom stereocenters. The summed E-state index contributed by atoms with van der Waals surface area (Å²) in [5.74, 6) is 0.442. The highest BCUT2D eigenvalue weighted by Gasteiger charge is 2.25. The van der Waals surface area contributed by atoms with Crippen LogP contribution in [0.5, 0.6) is 0 Å². The van der Waals surface area contributed by atoms with E-state index in [4.69, 9.17) is 4.74 Å². The van der Waals surface area contributed by atoms with Crippen LogP contribution in [0.25, 0.3) is 0 Å². The highest BCUT2D eigenvalue weighted by molar-refractivity contribution is 5.75. The van der Waals surface area contributed by atoms with Gasteiger partial charge in [0.1, 0.15) is 6.04 Å². The van der Waals surface area contributed by atoms with E-state index in [0.29, 0.717) is 5.92 Å². The number of ether oxygens (including phenoxy) is 1. The lowest BCUT2D eigenvalue weighted by Crippen LogP contribution is -2.44. The molecule has 0 amide bonds. The Hall–Kier alpha value is -0.570. The van der Waals surface area contributed by atoms with E-state index in [2.05, 4.69) is 39.9 Å². The molecule has 1 unspecified atom stereocenters. The maximum Gasteiger partial charge on any atom is 0.322 e. The second-order valence-electron chi connectivity index (χ2n) is 5.74. The lowest BCUT2D eigenvalue weighted by molar-refractivity contribution is -0.143. The quantitative estimate of drug-likeness (QED) is 0.666. The van der Waals surface area contributed by atoms with Crippen LogP contribution in [-0.4, -0.2) is 25.7 Å². The average molecular weight is 243 g/mol. The van der Waals surface area contributed by atoms with E-state index in [1.165, 1.54) is 7.11 Å². The van der Waals surface area contributed by atoms with Crippen molar-refractivity contribution in [2.45, 2.75) is 59.9 Å². The zero-order valence-electron chi connectivity index (χ0n) is 12.3. The first-order valence-electron chi connectivity index (χ1n) is 6.66. The molecule has 0 aromatic carbocycles. The molecule has 0 heterocycles. The molecule has 0 aromatic rings. The molecule has 102 valence electrons. The highest BCUT2D eigenvalue weighted by Crippen LogP contribution is 2.25. The molecule has 0 saturated carbocycles.